The molecule has 0 amide bonds. The van der Waals surface area contributed by atoms with Crippen LogP contribution >= 0.6 is 0 Å². The van der Waals surface area contributed by atoms with Crippen LogP contribution in [0, 0.1) is 0 Å². The third-order valence-electron chi connectivity index (χ3n) is 3.85. The molecule has 2 atom stereocenters. The summed E-state index contributed by atoms with van der Waals surface area (Å²) in [6, 6.07) is 7.75. The van der Waals surface area contributed by atoms with Crippen LogP contribution in [0.1, 0.15) is 43.0 Å². The van der Waals surface area contributed by atoms with E-state index in [1.54, 1.807) is 6.92 Å². The number of nitrogens with zero attached hydrogens (tertiary/aromatic N) is 1. The normalized spacial score (nSPS) is 23.7. The van der Waals surface area contributed by atoms with Gasteiger partial charge in [0.15, 0.2) is 5.78 Å². The average molecular weight is 247 g/mol. The average Bonchev–Trinajstić information content (AvgIpc) is 2.38. The van der Waals surface area contributed by atoms with Crippen LogP contribution in [-0.4, -0.2) is 30.1 Å². The molecule has 0 aliphatic heterocycles. The number of para-hydroxylation sites is 1. The van der Waals surface area contributed by atoms with Crippen LogP contribution in [0.3, 0.4) is 0 Å². The number of ketones is 1. The lowest BCUT2D eigenvalue weighted by atomic mass is 9.91. The highest BCUT2D eigenvalue weighted by molar-refractivity contribution is 5.99. The first-order valence-electron chi connectivity index (χ1n) is 6.62. The standard InChI is InChI=1S/C15H21NO2/c1-11(17)12-7-3-4-8-13(12)16(2)14-9-5-6-10-15(14)18/h3-4,7-8,14-15,18H,5-6,9-10H2,1-2H3. The number of aliphatic hydroxyl groups excluding tert-OH is 1. The fourth-order valence-corrected chi connectivity index (χ4v) is 2.80. The smallest absolute Gasteiger partial charge is 0.161 e. The SMILES string of the molecule is CC(=O)c1ccccc1N(C)C1CCCCC1O. The summed E-state index contributed by atoms with van der Waals surface area (Å²) in [5.74, 6) is 0.0720. The quantitative estimate of drug-likeness (QED) is 0.835. The van der Waals surface area contributed by atoms with E-state index in [4.69, 9.17) is 0 Å². The van der Waals surface area contributed by atoms with Crippen molar-refractivity contribution in [2.75, 3.05) is 11.9 Å². The van der Waals surface area contributed by atoms with E-state index in [1.165, 1.54) is 0 Å². The van der Waals surface area contributed by atoms with Crippen molar-refractivity contribution in [3.8, 4) is 0 Å². The monoisotopic (exact) mass is 247 g/mol. The Hall–Kier alpha value is -1.35. The summed E-state index contributed by atoms with van der Waals surface area (Å²) in [5, 5.41) is 10.1. The molecule has 1 aromatic rings. The summed E-state index contributed by atoms with van der Waals surface area (Å²) in [5.41, 5.74) is 1.66. The molecule has 1 aliphatic carbocycles. The van der Waals surface area contributed by atoms with Crippen LogP contribution < -0.4 is 4.90 Å². The van der Waals surface area contributed by atoms with Gasteiger partial charge in [-0.25, -0.2) is 0 Å². The first-order valence-corrected chi connectivity index (χ1v) is 6.62. The third-order valence-corrected chi connectivity index (χ3v) is 3.85. The topological polar surface area (TPSA) is 40.5 Å². The van der Waals surface area contributed by atoms with Crippen molar-refractivity contribution in [2.24, 2.45) is 0 Å². The van der Waals surface area contributed by atoms with Crippen molar-refractivity contribution in [1.82, 2.24) is 0 Å². The molecule has 1 N–H and O–H groups in total. The fourth-order valence-electron chi connectivity index (χ4n) is 2.80. The van der Waals surface area contributed by atoms with E-state index in [9.17, 15) is 9.90 Å². The van der Waals surface area contributed by atoms with Gasteiger partial charge in [-0.2, -0.15) is 0 Å². The molecule has 1 fully saturated rings. The predicted octanol–water partition coefficient (Wildman–Crippen LogP) is 2.63. The van der Waals surface area contributed by atoms with Gasteiger partial charge in [0.25, 0.3) is 0 Å². The van der Waals surface area contributed by atoms with Crippen molar-refractivity contribution < 1.29 is 9.90 Å². The number of rotatable bonds is 3. The maximum Gasteiger partial charge on any atom is 0.161 e. The molecule has 0 bridgehead atoms. The number of likely N-dealkylation sites (N-methyl/N-ethyl adjacent to an activating group) is 1. The Labute approximate surface area is 108 Å². The highest BCUT2D eigenvalue weighted by atomic mass is 16.3. The molecule has 3 nitrogen and oxygen atoms in total. The van der Waals surface area contributed by atoms with Crippen molar-refractivity contribution in [2.45, 2.75) is 44.8 Å². The lowest BCUT2D eigenvalue weighted by molar-refractivity contribution is 0.100. The van der Waals surface area contributed by atoms with E-state index < -0.39 is 0 Å². The second-order valence-corrected chi connectivity index (χ2v) is 5.10. The van der Waals surface area contributed by atoms with E-state index in [1.807, 2.05) is 31.3 Å². The molecular weight excluding hydrogens is 226 g/mol. The number of hydrogen-bond donors (Lipinski definition) is 1. The Morgan fingerprint density at radius 2 is 1.94 bits per heavy atom. The molecule has 1 aliphatic rings. The zero-order valence-electron chi connectivity index (χ0n) is 11.1. The van der Waals surface area contributed by atoms with E-state index in [2.05, 4.69) is 4.90 Å². The minimum atomic E-state index is -0.288. The number of anilines is 1. The van der Waals surface area contributed by atoms with Gasteiger partial charge in [0.1, 0.15) is 0 Å². The van der Waals surface area contributed by atoms with E-state index in [0.717, 1.165) is 36.9 Å². The molecule has 0 heterocycles. The molecule has 18 heavy (non-hydrogen) atoms. The van der Waals surface area contributed by atoms with Crippen molar-refractivity contribution in [3.05, 3.63) is 29.8 Å². The van der Waals surface area contributed by atoms with Gasteiger partial charge >= 0.3 is 0 Å². The summed E-state index contributed by atoms with van der Waals surface area (Å²) < 4.78 is 0. The van der Waals surface area contributed by atoms with Gasteiger partial charge < -0.3 is 10.0 Å². The van der Waals surface area contributed by atoms with Crippen LogP contribution in [0.15, 0.2) is 24.3 Å². The molecule has 1 saturated carbocycles. The zero-order chi connectivity index (χ0) is 13.1. The third kappa shape index (κ3) is 2.56. The predicted molar refractivity (Wildman–Crippen MR) is 73.1 cm³/mol. The van der Waals surface area contributed by atoms with Crippen LogP contribution in [-0.2, 0) is 0 Å². The summed E-state index contributed by atoms with van der Waals surface area (Å²) in [7, 11) is 1.97. The van der Waals surface area contributed by atoms with E-state index >= 15 is 0 Å². The van der Waals surface area contributed by atoms with Gasteiger partial charge in [-0.15, -0.1) is 0 Å². The summed E-state index contributed by atoms with van der Waals surface area (Å²) in [4.78, 5) is 13.7. The minimum Gasteiger partial charge on any atom is -0.391 e. The number of carbonyl (C=O) groups excluding carboxylic acids is 1. The highest BCUT2D eigenvalue weighted by Gasteiger charge is 2.28. The van der Waals surface area contributed by atoms with Crippen LogP contribution in [0.25, 0.3) is 0 Å². The molecule has 0 saturated heterocycles. The first kappa shape index (κ1) is 13.1. The molecule has 0 spiro atoms. The molecule has 2 rings (SSSR count). The van der Waals surface area contributed by atoms with Gasteiger partial charge in [-0.3, -0.25) is 4.79 Å². The number of carbonyl (C=O) groups is 1. The molecule has 3 heteroatoms. The lowest BCUT2D eigenvalue weighted by Gasteiger charge is -2.37. The summed E-state index contributed by atoms with van der Waals surface area (Å²) in [6.07, 6.45) is 3.80. The number of aliphatic hydroxyl groups is 1. The first-order chi connectivity index (χ1) is 8.61. The van der Waals surface area contributed by atoms with Crippen LogP contribution in [0.4, 0.5) is 5.69 Å². The Bertz CT molecular complexity index is 430. The Balaban J connectivity index is 2.27. The van der Waals surface area contributed by atoms with E-state index in [0.29, 0.717) is 0 Å². The second kappa shape index (κ2) is 5.53. The number of hydrogen-bond acceptors (Lipinski definition) is 3. The number of benzene rings is 1. The molecular formula is C15H21NO2. The van der Waals surface area contributed by atoms with E-state index in [-0.39, 0.29) is 17.9 Å². The van der Waals surface area contributed by atoms with Gasteiger partial charge in [-0.1, -0.05) is 25.0 Å². The minimum absolute atomic E-state index is 0.0720. The largest absolute Gasteiger partial charge is 0.391 e. The van der Waals surface area contributed by atoms with Crippen LogP contribution in [0.2, 0.25) is 0 Å². The maximum absolute atomic E-state index is 11.6. The van der Waals surface area contributed by atoms with Gasteiger partial charge in [0, 0.05) is 18.3 Å². The Morgan fingerprint density at radius 3 is 2.61 bits per heavy atom. The van der Waals surface area contributed by atoms with Crippen molar-refractivity contribution in [1.29, 1.82) is 0 Å². The summed E-state index contributed by atoms with van der Waals surface area (Å²) >= 11 is 0. The fraction of sp³-hybridized carbons (Fsp3) is 0.533. The Kier molecular flexibility index (Phi) is 4.02. The molecule has 0 radical (unpaired) electrons. The Morgan fingerprint density at radius 1 is 1.28 bits per heavy atom. The molecule has 98 valence electrons. The molecule has 2 unspecified atom stereocenters. The van der Waals surface area contributed by atoms with Gasteiger partial charge in [0.05, 0.1) is 12.1 Å². The van der Waals surface area contributed by atoms with Crippen molar-refractivity contribution >= 4 is 11.5 Å². The highest BCUT2D eigenvalue weighted by Crippen LogP contribution is 2.28. The van der Waals surface area contributed by atoms with Crippen molar-refractivity contribution in [3.63, 3.8) is 0 Å². The summed E-state index contributed by atoms with van der Waals surface area (Å²) in [6.45, 7) is 1.59. The lowest BCUT2D eigenvalue weighted by Crippen LogP contribution is -2.43. The van der Waals surface area contributed by atoms with Gasteiger partial charge in [-0.05, 0) is 31.9 Å². The zero-order valence-corrected chi connectivity index (χ0v) is 11.1. The second-order valence-electron chi connectivity index (χ2n) is 5.10. The number of Topliss-reactive ketones (excluding diaryl/α,β-unsaturated/α-hetero) is 1. The maximum atomic E-state index is 11.6. The molecule has 0 aromatic heterocycles. The van der Waals surface area contributed by atoms with Gasteiger partial charge in [0.2, 0.25) is 0 Å². The van der Waals surface area contributed by atoms with Crippen LogP contribution in [0.5, 0.6) is 0 Å². The molecule has 1 aromatic carbocycles.